The van der Waals surface area contributed by atoms with Crippen molar-refractivity contribution in [2.45, 2.75) is 6.42 Å². The highest BCUT2D eigenvalue weighted by atomic mass is 16.5. The molecule has 0 aliphatic carbocycles. The number of anilines is 2. The highest BCUT2D eigenvalue weighted by Gasteiger charge is 2.12. The third-order valence-electron chi connectivity index (χ3n) is 4.17. The van der Waals surface area contributed by atoms with Crippen LogP contribution in [0.4, 0.5) is 11.4 Å². The second-order valence-corrected chi connectivity index (χ2v) is 5.90. The van der Waals surface area contributed by atoms with E-state index in [0.29, 0.717) is 12.1 Å². The lowest BCUT2D eigenvalue weighted by molar-refractivity contribution is 0.0957. The summed E-state index contributed by atoms with van der Waals surface area (Å²) in [7, 11) is 1.64. The van der Waals surface area contributed by atoms with Crippen molar-refractivity contribution in [3.8, 4) is 5.75 Å². The molecule has 3 rings (SSSR count). The van der Waals surface area contributed by atoms with Crippen LogP contribution in [0.5, 0.6) is 5.75 Å². The molecule has 0 aromatic heterocycles. The SMILES string of the molecule is COc1ccc(Nc2ccccc2C(=O)NCC2=CCNCC2)cc1. The molecule has 2 aromatic carbocycles. The topological polar surface area (TPSA) is 62.4 Å². The summed E-state index contributed by atoms with van der Waals surface area (Å²) in [5, 5.41) is 9.59. The molecule has 0 unspecified atom stereocenters. The summed E-state index contributed by atoms with van der Waals surface area (Å²) < 4.78 is 5.17. The summed E-state index contributed by atoms with van der Waals surface area (Å²) in [5.74, 6) is 0.725. The molecule has 130 valence electrons. The zero-order valence-corrected chi connectivity index (χ0v) is 14.3. The molecule has 0 fully saturated rings. The number of benzene rings is 2. The van der Waals surface area contributed by atoms with Crippen molar-refractivity contribution in [3.05, 3.63) is 65.7 Å². The van der Waals surface area contributed by atoms with Crippen LogP contribution in [-0.2, 0) is 0 Å². The Bertz CT molecular complexity index is 754. The standard InChI is InChI=1S/C20H23N3O2/c1-25-17-8-6-16(7-9-17)23-19-5-3-2-4-18(19)20(24)22-14-15-10-12-21-13-11-15/h2-10,21,23H,11-14H2,1H3,(H,22,24). The smallest absolute Gasteiger partial charge is 0.253 e. The summed E-state index contributed by atoms with van der Waals surface area (Å²) >= 11 is 0. The lowest BCUT2D eigenvalue weighted by Gasteiger charge is -2.16. The minimum absolute atomic E-state index is 0.0731. The molecule has 0 spiro atoms. The van der Waals surface area contributed by atoms with E-state index in [2.05, 4.69) is 22.0 Å². The monoisotopic (exact) mass is 337 g/mol. The summed E-state index contributed by atoms with van der Waals surface area (Å²) in [6.07, 6.45) is 3.12. The Labute approximate surface area is 148 Å². The van der Waals surface area contributed by atoms with E-state index in [4.69, 9.17) is 4.74 Å². The van der Waals surface area contributed by atoms with Crippen molar-refractivity contribution in [1.82, 2.24) is 10.6 Å². The second-order valence-electron chi connectivity index (χ2n) is 5.90. The first-order chi connectivity index (χ1) is 12.3. The summed E-state index contributed by atoms with van der Waals surface area (Å²) in [6, 6.07) is 15.1. The summed E-state index contributed by atoms with van der Waals surface area (Å²) in [5.41, 5.74) is 3.59. The molecule has 2 aromatic rings. The molecular formula is C20H23N3O2. The molecular weight excluding hydrogens is 314 g/mol. The Morgan fingerprint density at radius 2 is 1.96 bits per heavy atom. The van der Waals surface area contributed by atoms with Gasteiger partial charge < -0.3 is 20.7 Å². The molecule has 1 aliphatic rings. The van der Waals surface area contributed by atoms with E-state index in [1.807, 2.05) is 48.5 Å². The normalized spacial score (nSPS) is 13.7. The third kappa shape index (κ3) is 4.61. The zero-order valence-electron chi connectivity index (χ0n) is 14.3. The van der Waals surface area contributed by atoms with Gasteiger partial charge in [-0.1, -0.05) is 23.8 Å². The van der Waals surface area contributed by atoms with Crippen LogP contribution < -0.4 is 20.7 Å². The molecule has 1 heterocycles. The Balaban J connectivity index is 1.68. The maximum Gasteiger partial charge on any atom is 0.253 e. The van der Waals surface area contributed by atoms with E-state index in [1.54, 1.807) is 7.11 Å². The maximum atomic E-state index is 12.6. The van der Waals surface area contributed by atoms with Crippen LogP contribution in [0.15, 0.2) is 60.2 Å². The van der Waals surface area contributed by atoms with E-state index in [0.717, 1.165) is 36.6 Å². The Kier molecular flexibility index (Phi) is 5.69. The highest BCUT2D eigenvalue weighted by molar-refractivity contribution is 6.00. The van der Waals surface area contributed by atoms with Gasteiger partial charge >= 0.3 is 0 Å². The van der Waals surface area contributed by atoms with E-state index < -0.39 is 0 Å². The van der Waals surface area contributed by atoms with Crippen LogP contribution in [0, 0.1) is 0 Å². The number of nitrogens with one attached hydrogen (secondary N) is 3. The Morgan fingerprint density at radius 3 is 2.68 bits per heavy atom. The minimum atomic E-state index is -0.0731. The lowest BCUT2D eigenvalue weighted by atomic mass is 10.1. The molecule has 0 atom stereocenters. The summed E-state index contributed by atoms with van der Waals surface area (Å²) in [6.45, 7) is 2.44. The van der Waals surface area contributed by atoms with Gasteiger partial charge in [-0.25, -0.2) is 0 Å². The van der Waals surface area contributed by atoms with Crippen LogP contribution in [0.25, 0.3) is 0 Å². The molecule has 5 nitrogen and oxygen atoms in total. The number of amides is 1. The van der Waals surface area contributed by atoms with Crippen LogP contribution >= 0.6 is 0 Å². The first-order valence-electron chi connectivity index (χ1n) is 8.43. The second kappa shape index (κ2) is 8.35. The first kappa shape index (κ1) is 17.0. The number of ether oxygens (including phenoxy) is 1. The maximum absolute atomic E-state index is 12.6. The van der Waals surface area contributed by atoms with Gasteiger partial charge in [0, 0.05) is 18.8 Å². The van der Waals surface area contributed by atoms with E-state index in [-0.39, 0.29) is 5.91 Å². The van der Waals surface area contributed by atoms with Gasteiger partial charge in [-0.05, 0) is 49.4 Å². The van der Waals surface area contributed by atoms with Crippen LogP contribution in [0.2, 0.25) is 0 Å². The minimum Gasteiger partial charge on any atom is -0.497 e. The number of carbonyl (C=O) groups excluding carboxylic acids is 1. The molecule has 1 aliphatic heterocycles. The first-order valence-corrected chi connectivity index (χ1v) is 8.43. The van der Waals surface area contributed by atoms with Crippen molar-refractivity contribution < 1.29 is 9.53 Å². The quantitative estimate of drug-likeness (QED) is 0.709. The van der Waals surface area contributed by atoms with Crippen molar-refractivity contribution >= 4 is 17.3 Å². The molecule has 0 saturated heterocycles. The summed E-state index contributed by atoms with van der Waals surface area (Å²) in [4.78, 5) is 12.6. The van der Waals surface area contributed by atoms with E-state index in [1.165, 1.54) is 5.57 Å². The molecule has 1 amide bonds. The highest BCUT2D eigenvalue weighted by Crippen LogP contribution is 2.23. The van der Waals surface area contributed by atoms with Gasteiger partial charge in [-0.2, -0.15) is 0 Å². The zero-order chi connectivity index (χ0) is 17.5. The molecule has 0 radical (unpaired) electrons. The number of rotatable bonds is 6. The van der Waals surface area contributed by atoms with Crippen LogP contribution in [-0.4, -0.2) is 32.7 Å². The van der Waals surface area contributed by atoms with Gasteiger partial charge in [-0.3, -0.25) is 4.79 Å². The third-order valence-corrected chi connectivity index (χ3v) is 4.17. The average molecular weight is 337 g/mol. The van der Waals surface area contributed by atoms with Crippen molar-refractivity contribution in [2.24, 2.45) is 0 Å². The van der Waals surface area contributed by atoms with Crippen LogP contribution in [0.1, 0.15) is 16.8 Å². The molecule has 0 bridgehead atoms. The number of methoxy groups -OCH3 is 1. The largest absolute Gasteiger partial charge is 0.497 e. The predicted molar refractivity (Wildman–Crippen MR) is 101 cm³/mol. The van der Waals surface area contributed by atoms with Crippen LogP contribution in [0.3, 0.4) is 0 Å². The lowest BCUT2D eigenvalue weighted by Crippen LogP contribution is -2.30. The van der Waals surface area contributed by atoms with Gasteiger partial charge in [0.25, 0.3) is 5.91 Å². The average Bonchev–Trinajstić information content (AvgIpc) is 2.68. The predicted octanol–water partition coefficient (Wildman–Crippen LogP) is 3.09. The fourth-order valence-corrected chi connectivity index (χ4v) is 2.74. The molecule has 3 N–H and O–H groups in total. The van der Waals surface area contributed by atoms with Gasteiger partial charge in [-0.15, -0.1) is 0 Å². The number of carbonyl (C=O) groups is 1. The van der Waals surface area contributed by atoms with Crippen molar-refractivity contribution in [1.29, 1.82) is 0 Å². The van der Waals surface area contributed by atoms with Gasteiger partial charge in [0.2, 0.25) is 0 Å². The molecule has 0 saturated carbocycles. The fraction of sp³-hybridized carbons (Fsp3) is 0.250. The number of para-hydroxylation sites is 1. The Morgan fingerprint density at radius 1 is 1.16 bits per heavy atom. The molecule has 5 heteroatoms. The fourth-order valence-electron chi connectivity index (χ4n) is 2.74. The van der Waals surface area contributed by atoms with Gasteiger partial charge in [0.1, 0.15) is 5.75 Å². The van der Waals surface area contributed by atoms with Gasteiger partial charge in [0.05, 0.1) is 18.4 Å². The van der Waals surface area contributed by atoms with E-state index >= 15 is 0 Å². The Hall–Kier alpha value is -2.79. The van der Waals surface area contributed by atoms with Crippen molar-refractivity contribution in [2.75, 3.05) is 32.1 Å². The van der Waals surface area contributed by atoms with E-state index in [9.17, 15) is 4.79 Å². The molecule has 25 heavy (non-hydrogen) atoms. The van der Waals surface area contributed by atoms with Crippen molar-refractivity contribution in [3.63, 3.8) is 0 Å². The number of hydrogen-bond donors (Lipinski definition) is 3. The number of hydrogen-bond acceptors (Lipinski definition) is 4. The van der Waals surface area contributed by atoms with Gasteiger partial charge in [0.15, 0.2) is 0 Å².